The van der Waals surface area contributed by atoms with Crippen molar-refractivity contribution in [1.82, 2.24) is 15.6 Å². The largest absolute Gasteiger partial charge is 0.417 e. The molecule has 1 aromatic heterocycles. The van der Waals surface area contributed by atoms with Crippen molar-refractivity contribution in [1.29, 1.82) is 0 Å². The Morgan fingerprint density at radius 3 is 2.42 bits per heavy atom. The number of nitrogens with one attached hydrogen (secondary N) is 3. The highest BCUT2D eigenvalue weighted by Crippen LogP contribution is 2.28. The number of aromatic nitrogens is 1. The zero-order chi connectivity index (χ0) is 18.2. The predicted molar refractivity (Wildman–Crippen MR) is 91.2 cm³/mol. The van der Waals surface area contributed by atoms with Crippen LogP contribution in [0.2, 0.25) is 0 Å². The number of aliphatic imine (C=N–C) groups is 1. The van der Waals surface area contributed by atoms with Gasteiger partial charge in [-0.3, -0.25) is 4.99 Å². The average molecular weight is 345 g/mol. The number of alkyl halides is 3. The van der Waals surface area contributed by atoms with Gasteiger partial charge in [-0.2, -0.15) is 13.2 Å². The van der Waals surface area contributed by atoms with Gasteiger partial charge in [0, 0.05) is 31.4 Å². The number of anilines is 1. The number of hydrogen-bond donors (Lipinski definition) is 3. The first kappa shape index (κ1) is 20.1. The minimum absolute atomic E-state index is 0.0800. The molecule has 0 aliphatic rings. The van der Waals surface area contributed by atoms with Crippen LogP contribution < -0.4 is 16.0 Å². The molecule has 0 bridgehead atoms. The first-order valence-corrected chi connectivity index (χ1v) is 7.95. The molecule has 0 fully saturated rings. The Bertz CT molecular complexity index is 518. The third-order valence-corrected chi connectivity index (χ3v) is 2.84. The van der Waals surface area contributed by atoms with Crippen LogP contribution in [0.15, 0.2) is 23.3 Å². The zero-order valence-corrected chi connectivity index (χ0v) is 14.6. The molecule has 0 aliphatic carbocycles. The molecule has 24 heavy (non-hydrogen) atoms. The monoisotopic (exact) mass is 345 g/mol. The van der Waals surface area contributed by atoms with E-state index < -0.39 is 11.7 Å². The van der Waals surface area contributed by atoms with Crippen LogP contribution in [0.3, 0.4) is 0 Å². The zero-order valence-electron chi connectivity index (χ0n) is 14.6. The lowest BCUT2D eigenvalue weighted by Gasteiger charge is -2.23. The second-order valence-corrected chi connectivity index (χ2v) is 6.35. The topological polar surface area (TPSA) is 61.3 Å². The second kappa shape index (κ2) is 8.75. The third-order valence-electron chi connectivity index (χ3n) is 2.84. The second-order valence-electron chi connectivity index (χ2n) is 6.35. The highest BCUT2D eigenvalue weighted by atomic mass is 19.4. The number of rotatable bonds is 6. The number of pyridine rings is 1. The van der Waals surface area contributed by atoms with Crippen molar-refractivity contribution in [3.05, 3.63) is 23.9 Å². The van der Waals surface area contributed by atoms with Crippen LogP contribution >= 0.6 is 0 Å². The summed E-state index contributed by atoms with van der Waals surface area (Å²) in [6.07, 6.45) is -2.79. The SMILES string of the molecule is CCNC(=NCCCNc1ccc(C(F)(F)F)cn1)NC(C)(C)C. The van der Waals surface area contributed by atoms with Crippen molar-refractivity contribution in [2.45, 2.75) is 45.8 Å². The van der Waals surface area contributed by atoms with Crippen molar-refractivity contribution in [3.63, 3.8) is 0 Å². The molecule has 0 unspecified atom stereocenters. The predicted octanol–water partition coefficient (Wildman–Crippen LogP) is 3.26. The van der Waals surface area contributed by atoms with E-state index in [-0.39, 0.29) is 5.54 Å². The third kappa shape index (κ3) is 8.03. The first-order chi connectivity index (χ1) is 11.1. The minimum Gasteiger partial charge on any atom is -0.370 e. The summed E-state index contributed by atoms with van der Waals surface area (Å²) in [4.78, 5) is 8.23. The molecule has 0 aliphatic heterocycles. The van der Waals surface area contributed by atoms with Gasteiger partial charge in [0.05, 0.1) is 5.56 Å². The lowest BCUT2D eigenvalue weighted by Crippen LogP contribution is -2.47. The lowest BCUT2D eigenvalue weighted by molar-refractivity contribution is -0.137. The Balaban J connectivity index is 2.40. The number of nitrogens with zero attached hydrogens (tertiary/aromatic N) is 2. The van der Waals surface area contributed by atoms with Crippen molar-refractivity contribution < 1.29 is 13.2 Å². The van der Waals surface area contributed by atoms with Crippen molar-refractivity contribution in [3.8, 4) is 0 Å². The quantitative estimate of drug-likeness (QED) is 0.421. The Morgan fingerprint density at radius 2 is 1.92 bits per heavy atom. The van der Waals surface area contributed by atoms with Gasteiger partial charge in [-0.15, -0.1) is 0 Å². The van der Waals surface area contributed by atoms with Crippen LogP contribution in [0, 0.1) is 0 Å². The summed E-state index contributed by atoms with van der Waals surface area (Å²) in [5.74, 6) is 1.17. The van der Waals surface area contributed by atoms with Gasteiger partial charge in [-0.25, -0.2) is 4.98 Å². The van der Waals surface area contributed by atoms with E-state index in [0.717, 1.165) is 31.2 Å². The van der Waals surface area contributed by atoms with E-state index in [9.17, 15) is 13.2 Å². The van der Waals surface area contributed by atoms with Gasteiger partial charge in [0.15, 0.2) is 5.96 Å². The maximum atomic E-state index is 12.4. The van der Waals surface area contributed by atoms with E-state index in [4.69, 9.17) is 0 Å². The molecular weight excluding hydrogens is 319 g/mol. The van der Waals surface area contributed by atoms with Gasteiger partial charge in [-0.1, -0.05) is 0 Å². The highest BCUT2D eigenvalue weighted by Gasteiger charge is 2.30. The molecule has 5 nitrogen and oxygen atoms in total. The smallest absolute Gasteiger partial charge is 0.370 e. The van der Waals surface area contributed by atoms with E-state index in [2.05, 4.69) is 46.7 Å². The molecule has 0 saturated carbocycles. The normalized spacial score (nSPS) is 12.9. The summed E-state index contributed by atoms with van der Waals surface area (Å²) in [5, 5.41) is 9.44. The summed E-state index contributed by atoms with van der Waals surface area (Å²) in [6, 6.07) is 2.35. The van der Waals surface area contributed by atoms with E-state index in [1.165, 1.54) is 6.07 Å². The Kier molecular flexibility index (Phi) is 7.31. The standard InChI is InChI=1S/C16H26F3N5/c1-5-20-14(24-15(2,3)4)22-10-6-9-21-13-8-7-12(11-23-13)16(17,18)19/h7-8,11H,5-6,9-10H2,1-4H3,(H,21,23)(H2,20,22,24). The molecule has 1 rings (SSSR count). The summed E-state index contributed by atoms with van der Waals surface area (Å²) < 4.78 is 37.3. The molecule has 3 N–H and O–H groups in total. The molecule has 0 spiro atoms. The fraction of sp³-hybridized carbons (Fsp3) is 0.625. The summed E-state index contributed by atoms with van der Waals surface area (Å²) in [5.41, 5.74) is -0.829. The maximum absolute atomic E-state index is 12.4. The Labute approximate surface area is 141 Å². The molecular formula is C16H26F3N5. The molecule has 0 aromatic carbocycles. The molecule has 0 amide bonds. The van der Waals surface area contributed by atoms with Crippen LogP contribution in [0.4, 0.5) is 19.0 Å². The lowest BCUT2D eigenvalue weighted by atomic mass is 10.1. The van der Waals surface area contributed by atoms with E-state index >= 15 is 0 Å². The summed E-state index contributed by atoms with van der Waals surface area (Å²) in [6.45, 7) is 10.1. The molecule has 8 heteroatoms. The van der Waals surface area contributed by atoms with E-state index in [1.54, 1.807) is 0 Å². The minimum atomic E-state index is -4.36. The number of halogens is 3. The average Bonchev–Trinajstić information content (AvgIpc) is 2.45. The Hall–Kier alpha value is -1.99. The van der Waals surface area contributed by atoms with Crippen LogP contribution in [0.5, 0.6) is 0 Å². The fourth-order valence-corrected chi connectivity index (χ4v) is 1.81. The van der Waals surface area contributed by atoms with Crippen LogP contribution in [-0.4, -0.2) is 36.1 Å². The van der Waals surface area contributed by atoms with Crippen molar-refractivity contribution in [2.75, 3.05) is 25.0 Å². The molecule has 0 saturated heterocycles. The molecule has 1 aromatic rings. The van der Waals surface area contributed by atoms with Gasteiger partial charge >= 0.3 is 6.18 Å². The van der Waals surface area contributed by atoms with Gasteiger partial charge in [0.1, 0.15) is 5.82 Å². The maximum Gasteiger partial charge on any atom is 0.417 e. The van der Waals surface area contributed by atoms with Crippen LogP contribution in [0.1, 0.15) is 39.7 Å². The van der Waals surface area contributed by atoms with Gasteiger partial charge < -0.3 is 16.0 Å². The van der Waals surface area contributed by atoms with Crippen LogP contribution in [-0.2, 0) is 6.18 Å². The van der Waals surface area contributed by atoms with Gasteiger partial charge in [0.2, 0.25) is 0 Å². The van der Waals surface area contributed by atoms with Gasteiger partial charge in [-0.05, 0) is 46.2 Å². The van der Waals surface area contributed by atoms with Crippen LogP contribution in [0.25, 0.3) is 0 Å². The fourth-order valence-electron chi connectivity index (χ4n) is 1.81. The molecule has 136 valence electrons. The molecule has 0 atom stereocenters. The van der Waals surface area contributed by atoms with E-state index in [0.29, 0.717) is 18.9 Å². The first-order valence-electron chi connectivity index (χ1n) is 7.95. The van der Waals surface area contributed by atoms with Gasteiger partial charge in [0.25, 0.3) is 0 Å². The van der Waals surface area contributed by atoms with Crippen molar-refractivity contribution in [2.24, 2.45) is 4.99 Å². The number of guanidine groups is 1. The highest BCUT2D eigenvalue weighted by molar-refractivity contribution is 5.80. The molecule has 1 heterocycles. The van der Waals surface area contributed by atoms with E-state index in [1.807, 2.05) is 6.92 Å². The Morgan fingerprint density at radius 1 is 1.21 bits per heavy atom. The molecule has 0 radical (unpaired) electrons. The summed E-state index contributed by atoms with van der Waals surface area (Å²) >= 11 is 0. The van der Waals surface area contributed by atoms with Crippen molar-refractivity contribution >= 4 is 11.8 Å². The summed E-state index contributed by atoms with van der Waals surface area (Å²) in [7, 11) is 0. The number of hydrogen-bond acceptors (Lipinski definition) is 3.